The van der Waals surface area contributed by atoms with Crippen molar-refractivity contribution < 1.29 is 28.2 Å². The molecule has 0 heterocycles. The lowest BCUT2D eigenvalue weighted by molar-refractivity contribution is -0.151. The number of halogens is 2. The predicted octanol–water partition coefficient (Wildman–Crippen LogP) is 3.33. The van der Waals surface area contributed by atoms with Crippen LogP contribution in [0.25, 0.3) is 0 Å². The number of alkyl halides is 2. The fourth-order valence-electron chi connectivity index (χ4n) is 2.46. The largest absolute Gasteiger partial charge is 0.493 e. The molecule has 1 rings (SSSR count). The Morgan fingerprint density at radius 2 is 1.75 bits per heavy atom. The highest BCUT2D eigenvalue weighted by molar-refractivity contribution is 5.86. The van der Waals surface area contributed by atoms with Crippen LogP contribution in [0.4, 0.5) is 8.78 Å². The molecule has 0 radical (unpaired) electrons. The zero-order valence-corrected chi connectivity index (χ0v) is 14.1. The number of hydrogen-bond donors (Lipinski definition) is 2. The zero-order chi connectivity index (χ0) is 18.4. The molecule has 0 aromatic heterocycles. The van der Waals surface area contributed by atoms with E-state index in [0.29, 0.717) is 0 Å². The first-order valence-corrected chi connectivity index (χ1v) is 7.87. The van der Waals surface area contributed by atoms with Gasteiger partial charge in [0.25, 0.3) is 5.91 Å². The summed E-state index contributed by atoms with van der Waals surface area (Å²) in [4.78, 5) is 23.2. The quantitative estimate of drug-likeness (QED) is 0.721. The second-order valence-corrected chi connectivity index (χ2v) is 5.52. The van der Waals surface area contributed by atoms with Gasteiger partial charge in [-0.15, -0.1) is 0 Å². The van der Waals surface area contributed by atoms with Gasteiger partial charge in [0.15, 0.2) is 0 Å². The van der Waals surface area contributed by atoms with Gasteiger partial charge in [0.1, 0.15) is 5.75 Å². The number of carboxylic acid groups (broad SMARTS) is 1. The molecule has 1 aromatic rings. The highest BCUT2D eigenvalue weighted by Gasteiger charge is 2.46. The Morgan fingerprint density at radius 1 is 1.17 bits per heavy atom. The maximum Gasteiger partial charge on any atom is 0.353 e. The molecule has 0 saturated heterocycles. The van der Waals surface area contributed by atoms with Crippen LogP contribution in [0.1, 0.15) is 45.6 Å². The summed E-state index contributed by atoms with van der Waals surface area (Å²) in [6.07, 6.45) is 0.0321. The van der Waals surface area contributed by atoms with Gasteiger partial charge in [0.2, 0.25) is 0 Å². The first-order valence-electron chi connectivity index (χ1n) is 7.87. The number of nitrogens with one attached hydrogen (secondary N) is 1. The molecule has 0 unspecified atom stereocenters. The number of carboxylic acids is 1. The third-order valence-corrected chi connectivity index (χ3v) is 4.03. The van der Waals surface area contributed by atoms with Gasteiger partial charge in [-0.1, -0.05) is 26.0 Å². The van der Waals surface area contributed by atoms with Crippen molar-refractivity contribution in [2.75, 3.05) is 6.61 Å². The van der Waals surface area contributed by atoms with E-state index in [9.17, 15) is 18.4 Å². The Bertz CT molecular complexity index is 586. The monoisotopic (exact) mass is 343 g/mol. The van der Waals surface area contributed by atoms with Crippen LogP contribution < -0.4 is 10.1 Å². The van der Waals surface area contributed by atoms with Crippen LogP contribution in [0.5, 0.6) is 5.75 Å². The molecule has 0 bridgehead atoms. The van der Waals surface area contributed by atoms with E-state index in [4.69, 9.17) is 9.84 Å². The van der Waals surface area contributed by atoms with Gasteiger partial charge in [-0.05, 0) is 31.9 Å². The molecule has 134 valence electrons. The number of ether oxygens (including phenoxy) is 1. The third kappa shape index (κ3) is 4.43. The first-order chi connectivity index (χ1) is 11.2. The lowest BCUT2D eigenvalue weighted by Gasteiger charge is -2.33. The molecule has 5 nitrogen and oxygen atoms in total. The molecule has 2 N–H and O–H groups in total. The van der Waals surface area contributed by atoms with Crippen LogP contribution in [0.3, 0.4) is 0 Å². The van der Waals surface area contributed by atoms with E-state index in [1.807, 2.05) is 0 Å². The van der Waals surface area contributed by atoms with Crippen molar-refractivity contribution in [3.63, 3.8) is 0 Å². The average molecular weight is 343 g/mol. The number of carbonyl (C=O) groups excluding carboxylic acids is 1. The van der Waals surface area contributed by atoms with Crippen molar-refractivity contribution in [2.45, 2.75) is 51.5 Å². The SMILES string of the molecule is CCOc1ccccc1C(F)(F)C(=O)NC(CC)(CC)CC(=O)O. The summed E-state index contributed by atoms with van der Waals surface area (Å²) < 4.78 is 34.4. The maximum atomic E-state index is 14.6. The van der Waals surface area contributed by atoms with Crippen LogP contribution in [0, 0.1) is 0 Å². The van der Waals surface area contributed by atoms with E-state index in [1.165, 1.54) is 18.2 Å². The van der Waals surface area contributed by atoms with Crippen molar-refractivity contribution in [1.82, 2.24) is 5.32 Å². The normalized spacial score (nSPS) is 11.9. The number of amides is 1. The van der Waals surface area contributed by atoms with E-state index in [-0.39, 0.29) is 25.2 Å². The highest BCUT2D eigenvalue weighted by atomic mass is 19.3. The fraction of sp³-hybridized carbons (Fsp3) is 0.529. The summed E-state index contributed by atoms with van der Waals surface area (Å²) in [5.41, 5.74) is -1.76. The van der Waals surface area contributed by atoms with Crippen LogP contribution in [0.2, 0.25) is 0 Å². The summed E-state index contributed by atoms with van der Waals surface area (Å²) >= 11 is 0. The van der Waals surface area contributed by atoms with Crippen molar-refractivity contribution in [1.29, 1.82) is 0 Å². The van der Waals surface area contributed by atoms with Gasteiger partial charge >= 0.3 is 11.9 Å². The van der Waals surface area contributed by atoms with E-state index >= 15 is 0 Å². The molecule has 0 atom stereocenters. The number of benzene rings is 1. The Hall–Kier alpha value is -2.18. The lowest BCUT2D eigenvalue weighted by Crippen LogP contribution is -2.53. The number of aliphatic carboxylic acids is 1. The minimum atomic E-state index is -3.83. The second kappa shape index (κ2) is 8.08. The maximum absolute atomic E-state index is 14.6. The first kappa shape index (κ1) is 19.9. The van der Waals surface area contributed by atoms with Crippen molar-refractivity contribution in [3.05, 3.63) is 29.8 Å². The highest BCUT2D eigenvalue weighted by Crippen LogP contribution is 2.36. The average Bonchev–Trinajstić information content (AvgIpc) is 2.54. The Labute approximate surface area is 140 Å². The second-order valence-electron chi connectivity index (χ2n) is 5.52. The lowest BCUT2D eigenvalue weighted by atomic mass is 9.88. The minimum absolute atomic E-state index is 0.0722. The smallest absolute Gasteiger partial charge is 0.353 e. The Morgan fingerprint density at radius 3 is 2.25 bits per heavy atom. The standard InChI is InChI=1S/C17H23F2NO4/c1-4-16(5-2,11-14(21)22)20-15(23)17(18,19)12-9-7-8-10-13(12)24-6-3/h7-10H,4-6,11H2,1-3H3,(H,20,23)(H,21,22). The molecule has 24 heavy (non-hydrogen) atoms. The van der Waals surface area contributed by atoms with Crippen LogP contribution >= 0.6 is 0 Å². The zero-order valence-electron chi connectivity index (χ0n) is 14.1. The third-order valence-electron chi connectivity index (χ3n) is 4.03. The molecule has 0 aliphatic rings. The van der Waals surface area contributed by atoms with Gasteiger partial charge in [-0.3, -0.25) is 9.59 Å². The topological polar surface area (TPSA) is 75.6 Å². The summed E-state index contributed by atoms with van der Waals surface area (Å²) in [5, 5.41) is 11.2. The molecular formula is C17H23F2NO4. The van der Waals surface area contributed by atoms with Gasteiger partial charge in [0, 0.05) is 0 Å². The van der Waals surface area contributed by atoms with Crippen LogP contribution in [-0.4, -0.2) is 29.1 Å². The summed E-state index contributed by atoms with van der Waals surface area (Å²) in [6, 6.07) is 5.42. The van der Waals surface area contributed by atoms with Gasteiger partial charge in [0.05, 0.1) is 24.1 Å². The summed E-state index contributed by atoms with van der Waals surface area (Å²) in [7, 11) is 0. The molecular weight excluding hydrogens is 320 g/mol. The summed E-state index contributed by atoms with van der Waals surface area (Å²) in [6.45, 7) is 5.14. The molecule has 0 spiro atoms. The van der Waals surface area contributed by atoms with E-state index in [0.717, 1.165) is 6.07 Å². The van der Waals surface area contributed by atoms with Crippen molar-refractivity contribution >= 4 is 11.9 Å². The molecule has 1 aromatic carbocycles. The predicted molar refractivity (Wildman–Crippen MR) is 85.2 cm³/mol. The molecule has 0 saturated carbocycles. The molecule has 1 amide bonds. The molecule has 0 fully saturated rings. The number of rotatable bonds is 9. The molecule has 0 aliphatic heterocycles. The number of para-hydroxylation sites is 1. The van der Waals surface area contributed by atoms with E-state index < -0.39 is 35.3 Å². The Kier molecular flexibility index (Phi) is 6.69. The minimum Gasteiger partial charge on any atom is -0.493 e. The van der Waals surface area contributed by atoms with Crippen molar-refractivity contribution in [3.8, 4) is 5.75 Å². The van der Waals surface area contributed by atoms with E-state index in [1.54, 1.807) is 20.8 Å². The molecule has 7 heteroatoms. The van der Waals surface area contributed by atoms with E-state index in [2.05, 4.69) is 5.32 Å². The summed E-state index contributed by atoms with van der Waals surface area (Å²) in [5.74, 6) is -6.59. The van der Waals surface area contributed by atoms with Gasteiger partial charge in [-0.25, -0.2) is 0 Å². The number of carbonyl (C=O) groups is 2. The fourth-order valence-corrected chi connectivity index (χ4v) is 2.46. The Balaban J connectivity index is 3.14. The van der Waals surface area contributed by atoms with Crippen LogP contribution in [0.15, 0.2) is 24.3 Å². The number of hydrogen-bond acceptors (Lipinski definition) is 3. The van der Waals surface area contributed by atoms with Gasteiger partial charge in [-0.2, -0.15) is 8.78 Å². The van der Waals surface area contributed by atoms with Crippen LogP contribution in [-0.2, 0) is 15.5 Å². The van der Waals surface area contributed by atoms with Crippen molar-refractivity contribution in [2.24, 2.45) is 0 Å². The van der Waals surface area contributed by atoms with Gasteiger partial charge < -0.3 is 15.2 Å². The molecule has 0 aliphatic carbocycles.